The molecule has 8 nitrogen and oxygen atoms in total. The van der Waals surface area contributed by atoms with Crippen LogP contribution in [0, 0.1) is 0 Å². The predicted octanol–water partition coefficient (Wildman–Crippen LogP) is 1.67. The maximum absolute atomic E-state index is 12.3. The Hall–Kier alpha value is -2.45. The Labute approximate surface area is 150 Å². The molecule has 2 aromatic heterocycles. The number of aromatic nitrogens is 2. The Morgan fingerprint density at radius 3 is 3.08 bits per heavy atom. The molecule has 26 heavy (non-hydrogen) atoms. The van der Waals surface area contributed by atoms with Gasteiger partial charge in [-0.05, 0) is 25.0 Å². The average Bonchev–Trinajstić information content (AvgIpc) is 2.95. The van der Waals surface area contributed by atoms with Gasteiger partial charge in [0.1, 0.15) is 0 Å². The van der Waals surface area contributed by atoms with Crippen LogP contribution in [0.5, 0.6) is 5.88 Å². The number of hydrogen-bond acceptors (Lipinski definition) is 7. The fraction of sp³-hybridized carbons (Fsp3) is 0.500. The molecular weight excluding hydrogens is 338 g/mol. The van der Waals surface area contributed by atoms with Crippen molar-refractivity contribution in [1.82, 2.24) is 14.9 Å². The Bertz CT molecular complexity index is 822. The van der Waals surface area contributed by atoms with Crippen LogP contribution in [0.15, 0.2) is 24.4 Å². The first-order valence-corrected chi connectivity index (χ1v) is 8.64. The highest BCUT2D eigenvalue weighted by Gasteiger charge is 2.46. The zero-order valence-corrected chi connectivity index (χ0v) is 14.6. The number of amides is 1. The molecule has 1 unspecified atom stereocenters. The number of ether oxygens (including phenoxy) is 3. The number of rotatable bonds is 4. The van der Waals surface area contributed by atoms with Crippen molar-refractivity contribution in [2.24, 2.45) is 0 Å². The maximum atomic E-state index is 12.3. The summed E-state index contributed by atoms with van der Waals surface area (Å²) in [5.41, 5.74) is 1.23. The van der Waals surface area contributed by atoms with Gasteiger partial charge in [-0.1, -0.05) is 0 Å². The first kappa shape index (κ1) is 17.0. The van der Waals surface area contributed by atoms with Crippen molar-refractivity contribution in [3.63, 3.8) is 0 Å². The summed E-state index contributed by atoms with van der Waals surface area (Å²) >= 11 is 0. The Morgan fingerprint density at radius 2 is 2.31 bits per heavy atom. The highest BCUT2D eigenvalue weighted by Crippen LogP contribution is 2.32. The molecule has 8 heteroatoms. The van der Waals surface area contributed by atoms with Crippen molar-refractivity contribution in [1.29, 1.82) is 0 Å². The topological polar surface area (TPSA) is 94.0 Å². The fourth-order valence-electron chi connectivity index (χ4n) is 3.58. The van der Waals surface area contributed by atoms with E-state index in [0.29, 0.717) is 42.2 Å². The van der Waals surface area contributed by atoms with Crippen molar-refractivity contribution in [3.05, 3.63) is 30.0 Å². The van der Waals surface area contributed by atoms with Gasteiger partial charge < -0.3 is 24.2 Å². The van der Waals surface area contributed by atoms with E-state index < -0.39 is 17.8 Å². The fourth-order valence-corrected chi connectivity index (χ4v) is 3.58. The summed E-state index contributed by atoms with van der Waals surface area (Å²) in [4.78, 5) is 22.5. The van der Waals surface area contributed by atoms with E-state index in [1.54, 1.807) is 24.4 Å². The number of aliphatic hydroxyl groups is 1. The van der Waals surface area contributed by atoms with Gasteiger partial charge in [-0.15, -0.1) is 0 Å². The van der Waals surface area contributed by atoms with Crippen molar-refractivity contribution < 1.29 is 24.1 Å². The number of hydrogen-bond donors (Lipinski definition) is 1. The number of fused-ring (bicyclic) bond motifs is 1. The van der Waals surface area contributed by atoms with Crippen LogP contribution in [0.2, 0.25) is 0 Å². The van der Waals surface area contributed by atoms with E-state index in [4.69, 9.17) is 14.2 Å². The van der Waals surface area contributed by atoms with Gasteiger partial charge in [-0.2, -0.15) is 0 Å². The zero-order chi connectivity index (χ0) is 18.1. The number of nitrogens with zero attached hydrogens (tertiary/aromatic N) is 3. The summed E-state index contributed by atoms with van der Waals surface area (Å²) in [7, 11) is 1.53. The molecule has 1 spiro atoms. The molecule has 4 rings (SSSR count). The molecule has 2 aliphatic heterocycles. The minimum atomic E-state index is -0.910. The predicted molar refractivity (Wildman–Crippen MR) is 91.9 cm³/mol. The van der Waals surface area contributed by atoms with Gasteiger partial charge >= 0.3 is 6.09 Å². The van der Waals surface area contributed by atoms with E-state index in [1.165, 1.54) is 12.0 Å². The summed E-state index contributed by atoms with van der Waals surface area (Å²) in [6.07, 6.45) is 1.93. The van der Waals surface area contributed by atoms with Crippen LogP contribution in [0.1, 0.15) is 24.5 Å². The van der Waals surface area contributed by atoms with E-state index >= 15 is 0 Å². The van der Waals surface area contributed by atoms with Crippen molar-refractivity contribution in [3.8, 4) is 5.88 Å². The summed E-state index contributed by atoms with van der Waals surface area (Å²) in [6.45, 7) is 1.64. The second kappa shape index (κ2) is 6.69. The van der Waals surface area contributed by atoms with Gasteiger partial charge in [0.15, 0.2) is 5.60 Å². The summed E-state index contributed by atoms with van der Waals surface area (Å²) < 4.78 is 16.2. The Morgan fingerprint density at radius 1 is 1.42 bits per heavy atom. The van der Waals surface area contributed by atoms with Gasteiger partial charge in [0.2, 0.25) is 5.88 Å². The van der Waals surface area contributed by atoms with Gasteiger partial charge in [-0.25, -0.2) is 9.78 Å². The Balaban J connectivity index is 1.56. The van der Waals surface area contributed by atoms with Gasteiger partial charge in [0.05, 0.1) is 43.9 Å². The molecule has 2 saturated heterocycles. The maximum Gasteiger partial charge on any atom is 0.410 e. The molecule has 0 saturated carbocycles. The van der Waals surface area contributed by atoms with Crippen LogP contribution < -0.4 is 4.74 Å². The van der Waals surface area contributed by atoms with E-state index in [9.17, 15) is 9.90 Å². The molecular formula is C18H21N3O5. The smallest absolute Gasteiger partial charge is 0.410 e. The van der Waals surface area contributed by atoms with Crippen molar-refractivity contribution >= 4 is 17.1 Å². The highest BCUT2D eigenvalue weighted by atomic mass is 16.6. The minimum Gasteiger partial charge on any atom is -0.481 e. The van der Waals surface area contributed by atoms with E-state index in [1.807, 2.05) is 0 Å². The van der Waals surface area contributed by atoms with E-state index in [-0.39, 0.29) is 6.54 Å². The largest absolute Gasteiger partial charge is 0.481 e. The number of carbonyl (C=O) groups is 1. The second-order valence-corrected chi connectivity index (χ2v) is 6.72. The Kier molecular flexibility index (Phi) is 4.37. The molecule has 1 amide bonds. The van der Waals surface area contributed by atoms with Crippen LogP contribution in [-0.2, 0) is 9.47 Å². The molecule has 138 valence electrons. The summed E-state index contributed by atoms with van der Waals surface area (Å²) in [5.74, 6) is 0.442. The first-order chi connectivity index (χ1) is 12.6. The molecule has 4 heterocycles. The number of pyridine rings is 2. The normalized spacial score (nSPS) is 24.1. The average molecular weight is 359 g/mol. The quantitative estimate of drug-likeness (QED) is 0.887. The number of aliphatic hydroxyl groups excluding tert-OH is 1. The monoisotopic (exact) mass is 359 g/mol. The third-order valence-electron chi connectivity index (χ3n) is 4.88. The molecule has 0 aliphatic carbocycles. The third-order valence-corrected chi connectivity index (χ3v) is 4.88. The molecule has 2 fully saturated rings. The molecule has 1 N–H and O–H groups in total. The van der Waals surface area contributed by atoms with E-state index in [0.717, 1.165) is 12.8 Å². The number of β-amino-alcohol motifs (C(OH)–C–C–N with tert-alkyl or cyclic N) is 1. The number of carbonyl (C=O) groups excluding carboxylic acids is 1. The standard InChI is InChI=1S/C18H21N3O5/c1-24-15-4-3-13-16(20-15)12(5-7-19-13)14(22)9-21-10-18(26-17(21)23)6-2-8-25-11-18/h3-5,7,14,22H,2,6,8-11H2,1H3/t14-,18?/m0/s1. The molecule has 2 atom stereocenters. The SMILES string of the molecule is COc1ccc2nccc([C@@H](O)CN3CC4(CCCOC4)OC3=O)c2n1. The third kappa shape index (κ3) is 3.06. The molecule has 0 aromatic carbocycles. The van der Waals surface area contributed by atoms with Crippen LogP contribution in [0.3, 0.4) is 0 Å². The summed E-state index contributed by atoms with van der Waals surface area (Å²) in [6, 6.07) is 5.21. The lowest BCUT2D eigenvalue weighted by atomic mass is 9.96. The first-order valence-electron chi connectivity index (χ1n) is 8.64. The van der Waals surface area contributed by atoms with Crippen LogP contribution in [0.25, 0.3) is 11.0 Å². The van der Waals surface area contributed by atoms with Gasteiger partial charge in [-0.3, -0.25) is 4.98 Å². The van der Waals surface area contributed by atoms with Crippen molar-refractivity contribution in [2.75, 3.05) is 33.4 Å². The molecule has 0 radical (unpaired) electrons. The molecule has 2 aliphatic rings. The van der Waals surface area contributed by atoms with Gasteiger partial charge in [0.25, 0.3) is 0 Å². The molecule has 2 aromatic rings. The van der Waals surface area contributed by atoms with Crippen LogP contribution in [-0.4, -0.2) is 65.1 Å². The highest BCUT2D eigenvalue weighted by molar-refractivity contribution is 5.78. The second-order valence-electron chi connectivity index (χ2n) is 6.72. The van der Waals surface area contributed by atoms with E-state index in [2.05, 4.69) is 9.97 Å². The molecule has 0 bridgehead atoms. The van der Waals surface area contributed by atoms with Crippen LogP contribution >= 0.6 is 0 Å². The zero-order valence-electron chi connectivity index (χ0n) is 14.6. The lowest BCUT2D eigenvalue weighted by molar-refractivity contribution is -0.0652. The van der Waals surface area contributed by atoms with Crippen molar-refractivity contribution in [2.45, 2.75) is 24.5 Å². The van der Waals surface area contributed by atoms with Crippen LogP contribution in [0.4, 0.5) is 4.79 Å². The lowest BCUT2D eigenvalue weighted by Gasteiger charge is -2.30. The summed E-state index contributed by atoms with van der Waals surface area (Å²) in [5, 5.41) is 10.8. The van der Waals surface area contributed by atoms with Gasteiger partial charge in [0, 0.05) is 24.4 Å². The minimum absolute atomic E-state index is 0.124. The lowest BCUT2D eigenvalue weighted by Crippen LogP contribution is -2.43. The number of methoxy groups -OCH3 is 1.